The van der Waals surface area contributed by atoms with Crippen molar-refractivity contribution in [2.45, 2.75) is 6.42 Å². The van der Waals surface area contributed by atoms with Gasteiger partial charge in [-0.1, -0.05) is 18.2 Å². The number of rotatable bonds is 0. The van der Waals surface area contributed by atoms with Crippen LogP contribution in [0.1, 0.15) is 5.56 Å². The summed E-state index contributed by atoms with van der Waals surface area (Å²) in [7, 11) is 0. The van der Waals surface area contributed by atoms with E-state index in [0.29, 0.717) is 0 Å². The highest BCUT2D eigenvalue weighted by Gasteiger charge is 2.02. The van der Waals surface area contributed by atoms with Gasteiger partial charge in [0.15, 0.2) is 0 Å². The Hall–Kier alpha value is -1.24. The molecule has 1 aliphatic rings. The van der Waals surface area contributed by atoms with Gasteiger partial charge in [0.05, 0.1) is 6.26 Å². The molecule has 2 rings (SSSR count). The molecule has 1 nitrogen and oxygen atoms in total. The topological polar surface area (TPSA) is 9.23 Å². The molecule has 1 aliphatic heterocycles. The standard InChI is InChI=1S/C9H7O/c1-2-6-9-8(4-1)5-3-7-10-9/h1-4,7H,5H2. The second kappa shape index (κ2) is 2.18. The second-order valence-electron chi connectivity index (χ2n) is 2.22. The Morgan fingerprint density at radius 2 is 2.50 bits per heavy atom. The van der Waals surface area contributed by atoms with Crippen molar-refractivity contribution in [1.29, 1.82) is 0 Å². The summed E-state index contributed by atoms with van der Waals surface area (Å²) < 4.78 is 5.19. The van der Waals surface area contributed by atoms with Crippen molar-refractivity contribution in [2.24, 2.45) is 0 Å². The minimum atomic E-state index is 0.866. The van der Waals surface area contributed by atoms with Gasteiger partial charge in [0.25, 0.3) is 0 Å². The van der Waals surface area contributed by atoms with E-state index in [0.717, 1.165) is 12.2 Å². The number of hydrogen-bond donors (Lipinski definition) is 0. The van der Waals surface area contributed by atoms with Gasteiger partial charge >= 0.3 is 0 Å². The molecule has 49 valence electrons. The number of para-hydroxylation sites is 1. The van der Waals surface area contributed by atoms with E-state index in [1.165, 1.54) is 5.56 Å². The van der Waals surface area contributed by atoms with Crippen LogP contribution in [0.4, 0.5) is 0 Å². The maximum Gasteiger partial charge on any atom is 0.137 e. The third kappa shape index (κ3) is 0.798. The lowest BCUT2D eigenvalue weighted by molar-refractivity contribution is 0.463. The fourth-order valence-electron chi connectivity index (χ4n) is 1.02. The molecule has 0 spiro atoms. The molecule has 0 fully saturated rings. The first-order valence-electron chi connectivity index (χ1n) is 3.28. The van der Waals surface area contributed by atoms with Crippen LogP contribution in [0.15, 0.2) is 30.5 Å². The first kappa shape index (κ1) is 5.54. The van der Waals surface area contributed by atoms with Gasteiger partial charge in [-0.2, -0.15) is 0 Å². The first-order chi connectivity index (χ1) is 4.97. The van der Waals surface area contributed by atoms with Gasteiger partial charge in [0, 0.05) is 6.07 Å². The Balaban J connectivity index is 2.47. The fraction of sp³-hybridized carbons (Fsp3) is 0.111. The maximum atomic E-state index is 5.19. The normalized spacial score (nSPS) is 14.0. The third-order valence-electron chi connectivity index (χ3n) is 1.52. The van der Waals surface area contributed by atoms with Crippen LogP contribution < -0.4 is 4.74 Å². The lowest BCUT2D eigenvalue weighted by Gasteiger charge is -2.09. The van der Waals surface area contributed by atoms with E-state index in [1.54, 1.807) is 6.26 Å². The summed E-state index contributed by atoms with van der Waals surface area (Å²) in [6.07, 6.45) is 4.67. The molecule has 10 heavy (non-hydrogen) atoms. The highest BCUT2D eigenvalue weighted by molar-refractivity contribution is 5.35. The molecule has 0 saturated heterocycles. The molecule has 1 aromatic carbocycles. The van der Waals surface area contributed by atoms with Crippen molar-refractivity contribution in [3.05, 3.63) is 42.2 Å². The van der Waals surface area contributed by atoms with Crippen molar-refractivity contribution in [1.82, 2.24) is 0 Å². The van der Waals surface area contributed by atoms with Crippen LogP contribution >= 0.6 is 0 Å². The van der Waals surface area contributed by atoms with E-state index in [-0.39, 0.29) is 0 Å². The molecule has 0 bridgehead atoms. The summed E-state index contributed by atoms with van der Waals surface area (Å²) in [6.45, 7) is 0. The highest BCUT2D eigenvalue weighted by Crippen LogP contribution is 2.21. The predicted octanol–water partition coefficient (Wildman–Crippen LogP) is 1.94. The zero-order valence-electron chi connectivity index (χ0n) is 5.50. The minimum Gasteiger partial charge on any atom is -0.464 e. The zero-order chi connectivity index (χ0) is 6.81. The Morgan fingerprint density at radius 1 is 1.50 bits per heavy atom. The van der Waals surface area contributed by atoms with Gasteiger partial charge in [-0.25, -0.2) is 0 Å². The molecule has 1 radical (unpaired) electrons. The Bertz CT molecular complexity index is 236. The van der Waals surface area contributed by atoms with Gasteiger partial charge in [-0.15, -0.1) is 0 Å². The van der Waals surface area contributed by atoms with E-state index in [1.807, 2.05) is 18.2 Å². The molecular weight excluding hydrogens is 124 g/mol. The highest BCUT2D eigenvalue weighted by atomic mass is 16.5. The van der Waals surface area contributed by atoms with E-state index >= 15 is 0 Å². The molecule has 0 saturated carbocycles. The van der Waals surface area contributed by atoms with Gasteiger partial charge < -0.3 is 4.74 Å². The summed E-state index contributed by atoms with van der Waals surface area (Å²) >= 11 is 0. The minimum absolute atomic E-state index is 0.866. The largest absolute Gasteiger partial charge is 0.464 e. The summed E-state index contributed by atoms with van der Waals surface area (Å²) in [5.74, 6) is 0.866. The van der Waals surface area contributed by atoms with Crippen LogP contribution in [0.2, 0.25) is 0 Å². The molecule has 0 N–H and O–H groups in total. The smallest absolute Gasteiger partial charge is 0.137 e. The van der Waals surface area contributed by atoms with E-state index in [2.05, 4.69) is 12.1 Å². The van der Waals surface area contributed by atoms with Crippen molar-refractivity contribution < 1.29 is 4.74 Å². The SMILES string of the molecule is [c]1cccc2c1OC=CC2. The number of hydrogen-bond acceptors (Lipinski definition) is 1. The van der Waals surface area contributed by atoms with Gasteiger partial charge in [0.1, 0.15) is 5.75 Å². The van der Waals surface area contributed by atoms with Crippen molar-refractivity contribution in [2.75, 3.05) is 0 Å². The van der Waals surface area contributed by atoms with Crippen LogP contribution in [-0.2, 0) is 6.42 Å². The number of fused-ring (bicyclic) bond motifs is 1. The van der Waals surface area contributed by atoms with Crippen LogP contribution in [0.3, 0.4) is 0 Å². The zero-order valence-corrected chi connectivity index (χ0v) is 5.50. The van der Waals surface area contributed by atoms with Crippen molar-refractivity contribution >= 4 is 0 Å². The summed E-state index contributed by atoms with van der Waals surface area (Å²) in [5, 5.41) is 0. The fourth-order valence-corrected chi connectivity index (χ4v) is 1.02. The average Bonchev–Trinajstić information content (AvgIpc) is 2.05. The first-order valence-corrected chi connectivity index (χ1v) is 3.28. The van der Waals surface area contributed by atoms with Crippen LogP contribution in [0, 0.1) is 6.07 Å². The predicted molar refractivity (Wildman–Crippen MR) is 38.8 cm³/mol. The van der Waals surface area contributed by atoms with Gasteiger partial charge in [0.2, 0.25) is 0 Å². The quantitative estimate of drug-likeness (QED) is 0.522. The number of ether oxygens (including phenoxy) is 1. The van der Waals surface area contributed by atoms with Gasteiger partial charge in [-0.3, -0.25) is 0 Å². The Kier molecular flexibility index (Phi) is 1.21. The molecule has 0 aromatic heterocycles. The van der Waals surface area contributed by atoms with E-state index in [4.69, 9.17) is 4.74 Å². The Morgan fingerprint density at radius 3 is 3.40 bits per heavy atom. The molecule has 0 atom stereocenters. The Labute approximate surface area is 59.9 Å². The summed E-state index contributed by atoms with van der Waals surface area (Å²) in [4.78, 5) is 0. The van der Waals surface area contributed by atoms with Crippen LogP contribution in [-0.4, -0.2) is 0 Å². The van der Waals surface area contributed by atoms with Crippen molar-refractivity contribution in [3.63, 3.8) is 0 Å². The lowest BCUT2D eigenvalue weighted by atomic mass is 10.1. The monoisotopic (exact) mass is 131 g/mol. The summed E-state index contributed by atoms with van der Waals surface area (Å²) in [6, 6.07) is 8.90. The van der Waals surface area contributed by atoms with Crippen molar-refractivity contribution in [3.8, 4) is 5.75 Å². The maximum absolute atomic E-state index is 5.19. The van der Waals surface area contributed by atoms with Crippen LogP contribution in [0.25, 0.3) is 0 Å². The van der Waals surface area contributed by atoms with E-state index < -0.39 is 0 Å². The number of allylic oxidation sites excluding steroid dienone is 1. The number of benzene rings is 1. The molecule has 0 aliphatic carbocycles. The lowest BCUT2D eigenvalue weighted by Crippen LogP contribution is -1.94. The average molecular weight is 131 g/mol. The third-order valence-corrected chi connectivity index (χ3v) is 1.52. The van der Waals surface area contributed by atoms with Crippen LogP contribution in [0.5, 0.6) is 5.75 Å². The molecular formula is C9H7O. The summed E-state index contributed by atoms with van der Waals surface area (Å²) in [5.41, 5.74) is 1.21. The van der Waals surface area contributed by atoms with E-state index in [9.17, 15) is 0 Å². The molecule has 0 amide bonds. The molecule has 0 unspecified atom stereocenters. The molecule has 1 heteroatoms. The molecule has 1 heterocycles. The second-order valence-corrected chi connectivity index (χ2v) is 2.22. The molecule has 1 aromatic rings. The van der Waals surface area contributed by atoms with Gasteiger partial charge in [-0.05, 0) is 18.1 Å².